The molecule has 1 fully saturated rings. The summed E-state index contributed by atoms with van der Waals surface area (Å²) in [5, 5.41) is 21.4. The van der Waals surface area contributed by atoms with E-state index in [0.717, 1.165) is 18.4 Å². The molecule has 1 aromatic carbocycles. The van der Waals surface area contributed by atoms with Crippen molar-refractivity contribution in [2.75, 3.05) is 13.1 Å². The molecular weight excluding hydrogens is 232 g/mol. The lowest BCUT2D eigenvalue weighted by molar-refractivity contribution is 0.0842. The Labute approximate surface area is 106 Å². The molecule has 1 aliphatic heterocycles. The Morgan fingerprint density at radius 1 is 1.39 bits per heavy atom. The van der Waals surface area contributed by atoms with Gasteiger partial charge in [0, 0.05) is 19.6 Å². The number of β-amino-alcohol motifs (C(OH)–C–C–N with tert-alkyl or cyclic N) is 1. The van der Waals surface area contributed by atoms with E-state index in [9.17, 15) is 9.90 Å². The number of rotatable bonds is 2. The molecule has 1 heterocycles. The summed E-state index contributed by atoms with van der Waals surface area (Å²) in [5.74, 6) is 0.212. The second-order valence-corrected chi connectivity index (χ2v) is 4.57. The lowest BCUT2D eigenvalue weighted by Crippen LogP contribution is -2.46. The number of likely N-dealkylation sites (tertiary alicyclic amines) is 1. The fraction of sp³-hybridized carbons (Fsp3) is 0.462. The van der Waals surface area contributed by atoms with Crippen molar-refractivity contribution in [1.29, 1.82) is 0 Å². The molecule has 0 bridgehead atoms. The molecule has 0 radical (unpaired) electrons. The zero-order chi connectivity index (χ0) is 13.0. The average Bonchev–Trinajstić information content (AvgIpc) is 2.38. The summed E-state index contributed by atoms with van der Waals surface area (Å²) in [7, 11) is 0. The van der Waals surface area contributed by atoms with Gasteiger partial charge in [0.25, 0.3) is 0 Å². The van der Waals surface area contributed by atoms with Gasteiger partial charge >= 0.3 is 6.03 Å². The fourth-order valence-electron chi connectivity index (χ4n) is 2.04. The predicted octanol–water partition coefficient (Wildman–Crippen LogP) is 1.06. The average molecular weight is 250 g/mol. The Balaban J connectivity index is 1.82. The van der Waals surface area contributed by atoms with E-state index in [2.05, 4.69) is 5.32 Å². The highest BCUT2D eigenvalue weighted by Gasteiger charge is 2.21. The van der Waals surface area contributed by atoms with E-state index in [1.165, 1.54) is 0 Å². The molecular formula is C13H18N2O3. The number of aliphatic hydroxyl groups is 1. The topological polar surface area (TPSA) is 72.8 Å². The molecule has 1 atom stereocenters. The molecule has 0 saturated carbocycles. The van der Waals surface area contributed by atoms with E-state index in [0.29, 0.717) is 19.6 Å². The fourth-order valence-corrected chi connectivity index (χ4v) is 2.04. The van der Waals surface area contributed by atoms with Gasteiger partial charge in [0.1, 0.15) is 5.75 Å². The van der Waals surface area contributed by atoms with Crippen LogP contribution in [0, 0.1) is 0 Å². The number of carbonyl (C=O) groups is 1. The van der Waals surface area contributed by atoms with Crippen LogP contribution >= 0.6 is 0 Å². The van der Waals surface area contributed by atoms with Gasteiger partial charge in [-0.1, -0.05) is 12.1 Å². The van der Waals surface area contributed by atoms with Gasteiger partial charge in [-0.05, 0) is 30.5 Å². The number of carbonyl (C=O) groups excluding carboxylic acids is 1. The Kier molecular flexibility index (Phi) is 4.04. The summed E-state index contributed by atoms with van der Waals surface area (Å²) in [5.41, 5.74) is 0.929. The van der Waals surface area contributed by atoms with Crippen LogP contribution in [-0.4, -0.2) is 40.3 Å². The number of phenolic OH excluding ortho intramolecular Hbond substituents is 1. The van der Waals surface area contributed by atoms with Gasteiger partial charge < -0.3 is 20.4 Å². The summed E-state index contributed by atoms with van der Waals surface area (Å²) >= 11 is 0. The first kappa shape index (κ1) is 12.7. The largest absolute Gasteiger partial charge is 0.508 e. The minimum absolute atomic E-state index is 0.151. The van der Waals surface area contributed by atoms with Crippen molar-refractivity contribution < 1.29 is 15.0 Å². The van der Waals surface area contributed by atoms with Crippen LogP contribution in [-0.2, 0) is 6.54 Å². The van der Waals surface area contributed by atoms with Gasteiger partial charge in [-0.15, -0.1) is 0 Å². The second-order valence-electron chi connectivity index (χ2n) is 4.57. The van der Waals surface area contributed by atoms with Crippen molar-refractivity contribution in [3.8, 4) is 5.75 Å². The van der Waals surface area contributed by atoms with Gasteiger partial charge in [0.15, 0.2) is 0 Å². The highest BCUT2D eigenvalue weighted by atomic mass is 16.3. The molecule has 5 nitrogen and oxygen atoms in total. The first-order valence-electron chi connectivity index (χ1n) is 6.14. The lowest BCUT2D eigenvalue weighted by atomic mass is 10.1. The van der Waals surface area contributed by atoms with Crippen molar-refractivity contribution in [2.45, 2.75) is 25.5 Å². The van der Waals surface area contributed by atoms with Crippen molar-refractivity contribution in [1.82, 2.24) is 10.2 Å². The van der Waals surface area contributed by atoms with Crippen LogP contribution in [0.15, 0.2) is 24.3 Å². The molecule has 1 saturated heterocycles. The smallest absolute Gasteiger partial charge is 0.317 e. The third-order valence-corrected chi connectivity index (χ3v) is 3.06. The van der Waals surface area contributed by atoms with Crippen molar-refractivity contribution in [2.24, 2.45) is 0 Å². The summed E-state index contributed by atoms with van der Waals surface area (Å²) in [6.07, 6.45) is 1.20. The van der Waals surface area contributed by atoms with E-state index in [4.69, 9.17) is 5.11 Å². The molecule has 0 aromatic heterocycles. The van der Waals surface area contributed by atoms with E-state index in [1.54, 1.807) is 29.2 Å². The van der Waals surface area contributed by atoms with Crippen molar-refractivity contribution in [3.63, 3.8) is 0 Å². The number of benzene rings is 1. The number of urea groups is 1. The number of aromatic hydroxyl groups is 1. The van der Waals surface area contributed by atoms with Crippen LogP contribution in [0.5, 0.6) is 5.75 Å². The van der Waals surface area contributed by atoms with Crippen molar-refractivity contribution in [3.05, 3.63) is 29.8 Å². The summed E-state index contributed by atoms with van der Waals surface area (Å²) in [6.45, 7) is 1.52. The summed E-state index contributed by atoms with van der Waals surface area (Å²) in [4.78, 5) is 13.5. The monoisotopic (exact) mass is 250 g/mol. The van der Waals surface area contributed by atoms with Crippen LogP contribution in [0.25, 0.3) is 0 Å². The van der Waals surface area contributed by atoms with Gasteiger partial charge in [0.2, 0.25) is 0 Å². The molecule has 2 amide bonds. The number of phenols is 1. The number of nitrogens with one attached hydrogen (secondary N) is 1. The van der Waals surface area contributed by atoms with E-state index in [1.807, 2.05) is 0 Å². The molecule has 1 aromatic rings. The number of piperidine rings is 1. The van der Waals surface area contributed by atoms with Gasteiger partial charge in [-0.3, -0.25) is 0 Å². The Bertz CT molecular complexity index is 405. The van der Waals surface area contributed by atoms with Crippen LogP contribution in [0.1, 0.15) is 18.4 Å². The van der Waals surface area contributed by atoms with Gasteiger partial charge in [0.05, 0.1) is 6.10 Å². The molecule has 2 rings (SSSR count). The molecule has 3 N–H and O–H groups in total. The summed E-state index contributed by atoms with van der Waals surface area (Å²) in [6, 6.07) is 6.56. The third-order valence-electron chi connectivity index (χ3n) is 3.06. The van der Waals surface area contributed by atoms with Crippen LogP contribution < -0.4 is 5.32 Å². The molecule has 5 heteroatoms. The maximum absolute atomic E-state index is 11.8. The predicted molar refractivity (Wildman–Crippen MR) is 67.2 cm³/mol. The van der Waals surface area contributed by atoms with E-state index < -0.39 is 6.10 Å². The van der Waals surface area contributed by atoms with Crippen LogP contribution in [0.3, 0.4) is 0 Å². The Morgan fingerprint density at radius 2 is 2.11 bits per heavy atom. The van der Waals surface area contributed by atoms with E-state index in [-0.39, 0.29) is 11.8 Å². The SMILES string of the molecule is O=C(NCc1ccc(O)cc1)N1CCCC(O)C1. The molecule has 18 heavy (non-hydrogen) atoms. The molecule has 1 aliphatic rings. The van der Waals surface area contributed by atoms with Crippen LogP contribution in [0.2, 0.25) is 0 Å². The number of aliphatic hydroxyl groups excluding tert-OH is 1. The zero-order valence-electron chi connectivity index (χ0n) is 10.2. The van der Waals surface area contributed by atoms with E-state index >= 15 is 0 Å². The highest BCUT2D eigenvalue weighted by Crippen LogP contribution is 2.11. The first-order valence-corrected chi connectivity index (χ1v) is 6.14. The third kappa shape index (κ3) is 3.37. The molecule has 0 spiro atoms. The second kappa shape index (κ2) is 5.73. The van der Waals surface area contributed by atoms with Crippen molar-refractivity contribution >= 4 is 6.03 Å². The number of hydrogen-bond acceptors (Lipinski definition) is 3. The first-order chi connectivity index (χ1) is 8.65. The zero-order valence-corrected chi connectivity index (χ0v) is 10.2. The van der Waals surface area contributed by atoms with Gasteiger partial charge in [-0.25, -0.2) is 4.79 Å². The highest BCUT2D eigenvalue weighted by molar-refractivity contribution is 5.74. The molecule has 0 aliphatic carbocycles. The Hall–Kier alpha value is -1.75. The minimum atomic E-state index is -0.404. The van der Waals surface area contributed by atoms with Crippen LogP contribution in [0.4, 0.5) is 4.79 Å². The molecule has 98 valence electrons. The minimum Gasteiger partial charge on any atom is -0.508 e. The lowest BCUT2D eigenvalue weighted by Gasteiger charge is -2.30. The number of nitrogens with zero attached hydrogens (tertiary/aromatic N) is 1. The maximum Gasteiger partial charge on any atom is 0.317 e. The standard InChI is InChI=1S/C13H18N2O3/c16-11-5-3-10(4-6-11)8-14-13(18)15-7-1-2-12(17)9-15/h3-6,12,16-17H,1-2,7-9H2,(H,14,18). The maximum atomic E-state index is 11.8. The normalized spacial score (nSPS) is 19.6. The Morgan fingerprint density at radius 3 is 2.78 bits per heavy atom. The molecule has 1 unspecified atom stereocenters. The quantitative estimate of drug-likeness (QED) is 0.735. The number of hydrogen-bond donors (Lipinski definition) is 3. The van der Waals surface area contributed by atoms with Gasteiger partial charge in [-0.2, -0.15) is 0 Å². The number of amides is 2. The summed E-state index contributed by atoms with van der Waals surface area (Å²) < 4.78 is 0.